The average molecular weight is 347 g/mol. The lowest BCUT2D eigenvalue weighted by Crippen LogP contribution is -2.14. The maximum atomic E-state index is 13.4. The fourth-order valence-electron chi connectivity index (χ4n) is 1.67. The molecule has 1 nitrogen and oxygen atoms in total. The van der Waals surface area contributed by atoms with Crippen LogP contribution in [-0.2, 0) is 13.1 Å². The molecule has 0 aliphatic carbocycles. The van der Waals surface area contributed by atoms with Crippen molar-refractivity contribution in [1.82, 2.24) is 5.32 Å². The van der Waals surface area contributed by atoms with Crippen molar-refractivity contribution >= 4 is 27.5 Å². The number of halogens is 4. The van der Waals surface area contributed by atoms with Crippen LogP contribution in [0, 0.1) is 11.6 Å². The number of nitrogens with one attached hydrogen (secondary N) is 1. The molecular weight excluding hydrogens is 336 g/mol. The Kier molecular flexibility index (Phi) is 4.91. The molecule has 0 heterocycles. The van der Waals surface area contributed by atoms with Gasteiger partial charge in [-0.3, -0.25) is 0 Å². The van der Waals surface area contributed by atoms with Crippen LogP contribution >= 0.6 is 27.5 Å². The van der Waals surface area contributed by atoms with Crippen molar-refractivity contribution in [2.45, 2.75) is 13.1 Å². The molecule has 0 aromatic heterocycles. The Labute approximate surface area is 123 Å². The first-order chi connectivity index (χ1) is 9.06. The van der Waals surface area contributed by atoms with E-state index in [0.717, 1.165) is 22.2 Å². The van der Waals surface area contributed by atoms with E-state index in [1.54, 1.807) is 0 Å². The van der Waals surface area contributed by atoms with Gasteiger partial charge in [0.2, 0.25) is 0 Å². The van der Waals surface area contributed by atoms with Gasteiger partial charge >= 0.3 is 0 Å². The minimum Gasteiger partial charge on any atom is -0.309 e. The van der Waals surface area contributed by atoms with Gasteiger partial charge in [-0.15, -0.1) is 0 Å². The largest absolute Gasteiger partial charge is 0.309 e. The number of rotatable bonds is 4. The fourth-order valence-corrected chi connectivity index (χ4v) is 2.12. The van der Waals surface area contributed by atoms with Gasteiger partial charge in [0.05, 0.1) is 5.02 Å². The highest BCUT2D eigenvalue weighted by Crippen LogP contribution is 2.23. The molecule has 100 valence electrons. The third-order valence-corrected chi connectivity index (χ3v) is 3.87. The lowest BCUT2D eigenvalue weighted by molar-refractivity contribution is 0.568. The summed E-state index contributed by atoms with van der Waals surface area (Å²) in [7, 11) is 0. The molecule has 0 aliphatic rings. The molecule has 0 aliphatic heterocycles. The SMILES string of the molecule is Fc1ccc(F)c(CNCc2ccc(Br)c(Cl)c2)c1. The molecule has 1 N–H and O–H groups in total. The number of hydrogen-bond donors (Lipinski definition) is 1. The van der Waals surface area contributed by atoms with Crippen molar-refractivity contribution in [2.75, 3.05) is 0 Å². The summed E-state index contributed by atoms with van der Waals surface area (Å²) in [4.78, 5) is 0. The topological polar surface area (TPSA) is 12.0 Å². The van der Waals surface area contributed by atoms with Crippen molar-refractivity contribution in [3.05, 3.63) is 68.7 Å². The summed E-state index contributed by atoms with van der Waals surface area (Å²) < 4.78 is 27.2. The van der Waals surface area contributed by atoms with Crippen molar-refractivity contribution < 1.29 is 8.78 Å². The van der Waals surface area contributed by atoms with E-state index in [9.17, 15) is 8.78 Å². The van der Waals surface area contributed by atoms with Gasteiger partial charge in [0, 0.05) is 23.1 Å². The first-order valence-corrected chi connectivity index (χ1v) is 6.82. The Bertz CT molecular complexity index is 590. The molecule has 0 bridgehead atoms. The van der Waals surface area contributed by atoms with Crippen LogP contribution in [0.2, 0.25) is 5.02 Å². The van der Waals surface area contributed by atoms with E-state index in [1.165, 1.54) is 6.07 Å². The molecular formula is C14H11BrClF2N. The minimum absolute atomic E-state index is 0.261. The monoisotopic (exact) mass is 345 g/mol. The van der Waals surface area contributed by atoms with Gasteiger partial charge in [-0.1, -0.05) is 17.7 Å². The van der Waals surface area contributed by atoms with Gasteiger partial charge in [0.1, 0.15) is 11.6 Å². The zero-order chi connectivity index (χ0) is 13.8. The second kappa shape index (κ2) is 6.46. The van der Waals surface area contributed by atoms with Crippen molar-refractivity contribution in [2.24, 2.45) is 0 Å². The summed E-state index contributed by atoms with van der Waals surface area (Å²) in [5, 5.41) is 3.67. The number of benzene rings is 2. The average Bonchev–Trinajstić information content (AvgIpc) is 2.38. The van der Waals surface area contributed by atoms with Crippen molar-refractivity contribution in [3.8, 4) is 0 Å². The van der Waals surface area contributed by atoms with E-state index < -0.39 is 11.6 Å². The van der Waals surface area contributed by atoms with Crippen LogP contribution in [0.25, 0.3) is 0 Å². The summed E-state index contributed by atoms with van der Waals surface area (Å²) in [5.41, 5.74) is 1.29. The molecule has 19 heavy (non-hydrogen) atoms. The predicted molar refractivity (Wildman–Crippen MR) is 76.1 cm³/mol. The van der Waals surface area contributed by atoms with Gasteiger partial charge in [0.25, 0.3) is 0 Å². The van der Waals surface area contributed by atoms with E-state index >= 15 is 0 Å². The Morgan fingerprint density at radius 3 is 2.58 bits per heavy atom. The third kappa shape index (κ3) is 4.00. The van der Waals surface area contributed by atoms with Crippen LogP contribution in [0.3, 0.4) is 0 Å². The Morgan fingerprint density at radius 2 is 1.84 bits per heavy atom. The summed E-state index contributed by atoms with van der Waals surface area (Å²) in [5.74, 6) is -0.854. The molecule has 2 aromatic carbocycles. The quantitative estimate of drug-likeness (QED) is 0.848. The lowest BCUT2D eigenvalue weighted by atomic mass is 10.2. The van der Waals surface area contributed by atoms with Crippen LogP contribution in [0.4, 0.5) is 8.78 Å². The van der Waals surface area contributed by atoms with Gasteiger partial charge in [-0.25, -0.2) is 8.78 Å². The van der Waals surface area contributed by atoms with Crippen LogP contribution in [-0.4, -0.2) is 0 Å². The van der Waals surface area contributed by atoms with E-state index in [4.69, 9.17) is 11.6 Å². The Hall–Kier alpha value is -0.970. The molecule has 0 saturated carbocycles. The standard InChI is InChI=1S/C14H11BrClF2N/c15-12-3-1-9(5-13(12)16)7-19-8-10-6-11(17)2-4-14(10)18/h1-6,19H,7-8H2. The maximum Gasteiger partial charge on any atom is 0.127 e. The third-order valence-electron chi connectivity index (χ3n) is 2.64. The predicted octanol–water partition coefficient (Wildman–Crippen LogP) is 4.67. The van der Waals surface area contributed by atoms with Gasteiger partial charge in [-0.2, -0.15) is 0 Å². The number of hydrogen-bond acceptors (Lipinski definition) is 1. The zero-order valence-electron chi connectivity index (χ0n) is 9.89. The summed E-state index contributed by atoms with van der Waals surface area (Å²) in [6.07, 6.45) is 0. The minimum atomic E-state index is -0.440. The lowest BCUT2D eigenvalue weighted by Gasteiger charge is -2.07. The normalized spacial score (nSPS) is 10.7. The Balaban J connectivity index is 1.96. The van der Waals surface area contributed by atoms with Crippen LogP contribution in [0.5, 0.6) is 0 Å². The molecule has 0 unspecified atom stereocenters. The molecule has 2 aromatic rings. The van der Waals surface area contributed by atoms with Gasteiger partial charge < -0.3 is 5.32 Å². The van der Waals surface area contributed by atoms with E-state index in [0.29, 0.717) is 17.1 Å². The van der Waals surface area contributed by atoms with Gasteiger partial charge in [-0.05, 0) is 51.8 Å². The molecule has 0 amide bonds. The van der Waals surface area contributed by atoms with Crippen molar-refractivity contribution in [3.63, 3.8) is 0 Å². The Morgan fingerprint density at radius 1 is 1.05 bits per heavy atom. The molecule has 0 spiro atoms. The molecule has 0 atom stereocenters. The molecule has 2 rings (SSSR count). The highest BCUT2D eigenvalue weighted by molar-refractivity contribution is 9.10. The second-order valence-corrected chi connectivity index (χ2v) is 5.35. The highest BCUT2D eigenvalue weighted by Gasteiger charge is 2.04. The van der Waals surface area contributed by atoms with Crippen LogP contribution in [0.15, 0.2) is 40.9 Å². The first kappa shape index (κ1) is 14.4. The van der Waals surface area contributed by atoms with E-state index in [1.807, 2.05) is 18.2 Å². The molecule has 5 heteroatoms. The highest BCUT2D eigenvalue weighted by atomic mass is 79.9. The molecule has 0 radical (unpaired) electrons. The van der Waals surface area contributed by atoms with Crippen LogP contribution in [0.1, 0.15) is 11.1 Å². The maximum absolute atomic E-state index is 13.4. The second-order valence-electron chi connectivity index (χ2n) is 4.09. The smallest absolute Gasteiger partial charge is 0.127 e. The van der Waals surface area contributed by atoms with E-state index in [2.05, 4.69) is 21.2 Å². The zero-order valence-corrected chi connectivity index (χ0v) is 12.2. The van der Waals surface area contributed by atoms with E-state index in [-0.39, 0.29) is 6.54 Å². The summed E-state index contributed by atoms with van der Waals surface area (Å²) >= 11 is 9.28. The first-order valence-electron chi connectivity index (χ1n) is 5.65. The molecule has 0 saturated heterocycles. The summed E-state index contributed by atoms with van der Waals surface area (Å²) in [6.45, 7) is 0.792. The molecule has 0 fully saturated rings. The van der Waals surface area contributed by atoms with Crippen LogP contribution < -0.4 is 5.32 Å². The van der Waals surface area contributed by atoms with Gasteiger partial charge in [0.15, 0.2) is 0 Å². The fraction of sp³-hybridized carbons (Fsp3) is 0.143. The summed E-state index contributed by atoms with van der Waals surface area (Å²) in [6, 6.07) is 9.00. The van der Waals surface area contributed by atoms with Crippen molar-refractivity contribution in [1.29, 1.82) is 0 Å².